The van der Waals surface area contributed by atoms with Crippen molar-refractivity contribution in [1.29, 1.82) is 0 Å². The summed E-state index contributed by atoms with van der Waals surface area (Å²) in [6.07, 6.45) is 0. The largest absolute Gasteiger partial charge is 0.281 e. The fourth-order valence-electron chi connectivity index (χ4n) is 1.28. The zero-order valence-electron chi connectivity index (χ0n) is 9.44. The minimum absolute atomic E-state index is 0.323. The lowest BCUT2D eigenvalue weighted by Gasteiger charge is -2.08. The van der Waals surface area contributed by atoms with Gasteiger partial charge in [0, 0.05) is 4.70 Å². The van der Waals surface area contributed by atoms with Crippen molar-refractivity contribution >= 4 is 44.1 Å². The summed E-state index contributed by atoms with van der Waals surface area (Å²) in [6.45, 7) is 1.55. The number of alkyl halides is 1. The van der Waals surface area contributed by atoms with Crippen LogP contribution in [0.1, 0.15) is 6.92 Å². The van der Waals surface area contributed by atoms with Gasteiger partial charge in [-0.25, -0.2) is 0 Å². The molecule has 1 atom stereocenters. The third kappa shape index (κ3) is 2.77. The number of hydrogen-bond acceptors (Lipinski definition) is 5. The first-order chi connectivity index (χ1) is 8.58. The quantitative estimate of drug-likeness (QED) is 0.665. The Morgan fingerprint density at radius 3 is 2.89 bits per heavy atom. The molecule has 2 aromatic rings. The van der Waals surface area contributed by atoms with E-state index in [0.29, 0.717) is 10.5 Å². The van der Waals surface area contributed by atoms with Crippen LogP contribution in [0.4, 0.5) is 5.13 Å². The van der Waals surface area contributed by atoms with Gasteiger partial charge in [-0.05, 0) is 19.1 Å². The second-order valence-corrected chi connectivity index (χ2v) is 5.24. The molecule has 1 heterocycles. The maximum absolute atomic E-state index is 11.7. The number of carbonyl (C=O) groups excluding carboxylic acids is 1. The van der Waals surface area contributed by atoms with E-state index < -0.39 is 5.38 Å². The van der Waals surface area contributed by atoms with Gasteiger partial charge < -0.3 is 0 Å². The topological polar surface area (TPSA) is 71.1 Å². The molecule has 0 aliphatic rings. The molecular weight excluding hydrogens is 274 g/mol. The van der Waals surface area contributed by atoms with E-state index in [9.17, 15) is 9.59 Å². The first kappa shape index (κ1) is 12.8. The summed E-state index contributed by atoms with van der Waals surface area (Å²) in [7, 11) is 0. The third-order valence-electron chi connectivity index (χ3n) is 2.18. The van der Waals surface area contributed by atoms with Gasteiger partial charge in [0.05, 0.1) is 5.39 Å². The first-order valence-corrected chi connectivity index (χ1v) is 6.43. The molecule has 2 N–H and O–H groups in total. The number of fused-ring (bicyclic) bond motifs is 1. The fourth-order valence-corrected chi connectivity index (χ4v) is 2.19. The van der Waals surface area contributed by atoms with Crippen LogP contribution in [-0.4, -0.2) is 16.3 Å². The molecule has 1 aromatic carbocycles. The van der Waals surface area contributed by atoms with Gasteiger partial charge in [-0.1, -0.05) is 23.5 Å². The highest BCUT2D eigenvalue weighted by molar-refractivity contribution is 7.21. The standard InChI is InChI=1S/C11H10ClN3O2S/c1-6(12)9(16)14-15-11-13-10(17)7-4-2-3-5-8(7)18-11/h2-6H,1H3,(H,14,16)(H,13,15,17). The van der Waals surface area contributed by atoms with Gasteiger partial charge >= 0.3 is 0 Å². The van der Waals surface area contributed by atoms with Crippen LogP contribution in [-0.2, 0) is 4.79 Å². The molecule has 1 unspecified atom stereocenters. The minimum atomic E-state index is -0.658. The number of rotatable bonds is 3. The third-order valence-corrected chi connectivity index (χ3v) is 3.34. The molecule has 7 heteroatoms. The minimum Gasteiger partial charge on any atom is -0.273 e. The molecular formula is C11H10ClN3O2S. The number of benzene rings is 1. The highest BCUT2D eigenvalue weighted by Crippen LogP contribution is 2.19. The summed E-state index contributed by atoms with van der Waals surface area (Å²) >= 11 is 6.86. The fraction of sp³-hybridized carbons (Fsp3) is 0.182. The Morgan fingerprint density at radius 1 is 1.44 bits per heavy atom. The van der Waals surface area contributed by atoms with Crippen molar-refractivity contribution in [2.45, 2.75) is 12.3 Å². The molecule has 18 heavy (non-hydrogen) atoms. The lowest BCUT2D eigenvalue weighted by Crippen LogP contribution is -2.34. The number of nitrogens with one attached hydrogen (secondary N) is 2. The van der Waals surface area contributed by atoms with Crippen LogP contribution in [0.5, 0.6) is 0 Å². The van der Waals surface area contributed by atoms with Gasteiger partial charge in [-0.2, -0.15) is 4.98 Å². The summed E-state index contributed by atoms with van der Waals surface area (Å²) < 4.78 is 0.799. The number of hydrogen-bond donors (Lipinski definition) is 2. The van der Waals surface area contributed by atoms with Crippen LogP contribution >= 0.6 is 22.9 Å². The van der Waals surface area contributed by atoms with Gasteiger partial charge in [0.25, 0.3) is 11.5 Å². The predicted octanol–water partition coefficient (Wildman–Crippen LogP) is 1.73. The van der Waals surface area contributed by atoms with Crippen molar-refractivity contribution in [3.63, 3.8) is 0 Å². The number of anilines is 1. The van der Waals surface area contributed by atoms with Crippen LogP contribution in [0.25, 0.3) is 10.1 Å². The molecule has 0 aliphatic carbocycles. The van der Waals surface area contributed by atoms with Gasteiger partial charge in [-0.15, -0.1) is 11.6 Å². The van der Waals surface area contributed by atoms with E-state index in [1.165, 1.54) is 11.3 Å². The number of halogens is 1. The molecule has 0 saturated carbocycles. The molecule has 2 rings (SSSR count). The van der Waals surface area contributed by atoms with E-state index in [-0.39, 0.29) is 11.5 Å². The second-order valence-electron chi connectivity index (χ2n) is 3.55. The van der Waals surface area contributed by atoms with Gasteiger partial charge in [0.1, 0.15) is 5.38 Å². The molecule has 1 aromatic heterocycles. The maximum atomic E-state index is 11.7. The van der Waals surface area contributed by atoms with Crippen LogP contribution < -0.4 is 16.4 Å². The molecule has 1 amide bonds. The molecule has 0 radical (unpaired) electrons. The van der Waals surface area contributed by atoms with Crippen molar-refractivity contribution < 1.29 is 4.79 Å². The number of aromatic nitrogens is 1. The van der Waals surface area contributed by atoms with Gasteiger partial charge in [0.15, 0.2) is 0 Å². The van der Waals surface area contributed by atoms with E-state index in [1.807, 2.05) is 12.1 Å². The zero-order chi connectivity index (χ0) is 13.1. The SMILES string of the molecule is CC(Cl)C(=O)NNc1nc(=O)c2ccccc2s1. The highest BCUT2D eigenvalue weighted by atomic mass is 35.5. The van der Waals surface area contributed by atoms with Crippen LogP contribution in [0.2, 0.25) is 0 Å². The zero-order valence-corrected chi connectivity index (χ0v) is 11.0. The van der Waals surface area contributed by atoms with Crippen LogP contribution in [0.3, 0.4) is 0 Å². The normalized spacial score (nSPS) is 12.1. The average molecular weight is 284 g/mol. The lowest BCUT2D eigenvalue weighted by molar-refractivity contribution is -0.119. The summed E-state index contributed by atoms with van der Waals surface area (Å²) in [5.74, 6) is -0.383. The Morgan fingerprint density at radius 2 is 2.17 bits per heavy atom. The number of carbonyl (C=O) groups is 1. The molecule has 0 aliphatic heterocycles. The number of nitrogens with zero attached hydrogens (tertiary/aromatic N) is 1. The number of hydrazine groups is 1. The summed E-state index contributed by atoms with van der Waals surface area (Å²) in [5, 5.41) is 0.226. The van der Waals surface area contributed by atoms with Gasteiger partial charge in [0.2, 0.25) is 5.13 Å². The van der Waals surface area contributed by atoms with E-state index in [1.54, 1.807) is 19.1 Å². The summed E-state index contributed by atoms with van der Waals surface area (Å²) in [5.41, 5.74) is 4.63. The van der Waals surface area contributed by atoms with E-state index >= 15 is 0 Å². The van der Waals surface area contributed by atoms with Gasteiger partial charge in [-0.3, -0.25) is 20.4 Å². The highest BCUT2D eigenvalue weighted by Gasteiger charge is 2.09. The molecule has 0 saturated heterocycles. The Hall–Kier alpha value is -1.66. The Kier molecular flexibility index (Phi) is 3.78. The molecule has 5 nitrogen and oxygen atoms in total. The summed E-state index contributed by atoms with van der Waals surface area (Å²) in [4.78, 5) is 26.8. The average Bonchev–Trinajstić information content (AvgIpc) is 2.36. The predicted molar refractivity (Wildman–Crippen MR) is 73.0 cm³/mol. The monoisotopic (exact) mass is 283 g/mol. The molecule has 0 spiro atoms. The Balaban J connectivity index is 2.25. The van der Waals surface area contributed by atoms with Crippen molar-refractivity contribution in [2.24, 2.45) is 0 Å². The Labute approximate surface area is 112 Å². The first-order valence-electron chi connectivity index (χ1n) is 5.18. The number of amides is 1. The lowest BCUT2D eigenvalue weighted by atomic mass is 10.3. The van der Waals surface area contributed by atoms with E-state index in [2.05, 4.69) is 15.8 Å². The summed E-state index contributed by atoms with van der Waals surface area (Å²) in [6, 6.07) is 7.15. The molecule has 94 valence electrons. The maximum Gasteiger partial charge on any atom is 0.281 e. The van der Waals surface area contributed by atoms with E-state index in [0.717, 1.165) is 4.70 Å². The van der Waals surface area contributed by atoms with Crippen molar-refractivity contribution in [3.05, 3.63) is 34.6 Å². The molecule has 0 fully saturated rings. The smallest absolute Gasteiger partial charge is 0.273 e. The van der Waals surface area contributed by atoms with Crippen molar-refractivity contribution in [1.82, 2.24) is 10.4 Å². The van der Waals surface area contributed by atoms with Crippen LogP contribution in [0, 0.1) is 0 Å². The second kappa shape index (κ2) is 5.32. The Bertz CT molecular complexity index is 641. The van der Waals surface area contributed by atoms with Crippen molar-refractivity contribution in [3.8, 4) is 0 Å². The van der Waals surface area contributed by atoms with Crippen molar-refractivity contribution in [2.75, 3.05) is 5.43 Å². The molecule has 0 bridgehead atoms. The van der Waals surface area contributed by atoms with Crippen LogP contribution in [0.15, 0.2) is 29.1 Å². The van der Waals surface area contributed by atoms with E-state index in [4.69, 9.17) is 11.6 Å².